The molecule has 21 heavy (non-hydrogen) atoms. The van der Waals surface area contributed by atoms with E-state index >= 15 is 0 Å². The Balaban J connectivity index is 2.12. The number of unbranched alkanes of at least 4 members (excludes halogenated alkanes) is 2. The fourth-order valence-corrected chi connectivity index (χ4v) is 3.28. The molecule has 1 aliphatic rings. The van der Waals surface area contributed by atoms with Crippen LogP contribution in [0.15, 0.2) is 18.2 Å². The fraction of sp³-hybridized carbons (Fsp3) is 0.667. The minimum atomic E-state index is 0.115. The van der Waals surface area contributed by atoms with Crippen LogP contribution in [0.3, 0.4) is 0 Å². The summed E-state index contributed by atoms with van der Waals surface area (Å²) in [6, 6.07) is 6.93. The molecule has 0 bridgehead atoms. The van der Waals surface area contributed by atoms with Gasteiger partial charge >= 0.3 is 0 Å². The summed E-state index contributed by atoms with van der Waals surface area (Å²) >= 11 is 0. The van der Waals surface area contributed by atoms with E-state index in [1.165, 1.54) is 49.9 Å². The lowest BCUT2D eigenvalue weighted by Gasteiger charge is -2.31. The molecule has 2 rings (SSSR count). The van der Waals surface area contributed by atoms with Crippen molar-refractivity contribution in [1.29, 1.82) is 0 Å². The lowest BCUT2D eigenvalue weighted by atomic mass is 10.1. The molecule has 0 amide bonds. The van der Waals surface area contributed by atoms with E-state index in [1.54, 1.807) is 7.11 Å². The molecular weight excluding hydrogens is 260 g/mol. The van der Waals surface area contributed by atoms with Crippen molar-refractivity contribution >= 4 is 0 Å². The van der Waals surface area contributed by atoms with Crippen molar-refractivity contribution in [2.24, 2.45) is 5.73 Å². The van der Waals surface area contributed by atoms with Crippen molar-refractivity contribution in [3.05, 3.63) is 29.3 Å². The SMILES string of the molecule is CCCCN(CCCC)C1Cc2ccc(OC)cc2C1N. The molecule has 3 heteroatoms. The molecule has 118 valence electrons. The molecule has 0 fully saturated rings. The highest BCUT2D eigenvalue weighted by molar-refractivity contribution is 5.42. The maximum atomic E-state index is 6.56. The average Bonchev–Trinajstić information content (AvgIpc) is 2.84. The van der Waals surface area contributed by atoms with Crippen LogP contribution in [-0.2, 0) is 6.42 Å². The first-order valence-electron chi connectivity index (χ1n) is 8.37. The van der Waals surface area contributed by atoms with Crippen molar-refractivity contribution in [2.45, 2.75) is 58.0 Å². The van der Waals surface area contributed by atoms with Crippen molar-refractivity contribution in [1.82, 2.24) is 4.90 Å². The van der Waals surface area contributed by atoms with E-state index < -0.39 is 0 Å². The van der Waals surface area contributed by atoms with E-state index in [9.17, 15) is 0 Å². The monoisotopic (exact) mass is 290 g/mol. The second kappa shape index (κ2) is 7.81. The van der Waals surface area contributed by atoms with Crippen LogP contribution in [0.5, 0.6) is 5.75 Å². The smallest absolute Gasteiger partial charge is 0.119 e. The van der Waals surface area contributed by atoms with Crippen LogP contribution in [0.4, 0.5) is 0 Å². The van der Waals surface area contributed by atoms with Gasteiger partial charge in [0.25, 0.3) is 0 Å². The van der Waals surface area contributed by atoms with Crippen molar-refractivity contribution in [3.63, 3.8) is 0 Å². The van der Waals surface area contributed by atoms with Gasteiger partial charge in [0.2, 0.25) is 0 Å². The second-order valence-corrected chi connectivity index (χ2v) is 6.11. The Labute approximate surface area is 129 Å². The zero-order valence-electron chi connectivity index (χ0n) is 13.8. The van der Waals surface area contributed by atoms with Crippen LogP contribution in [0.2, 0.25) is 0 Å². The Hall–Kier alpha value is -1.06. The summed E-state index contributed by atoms with van der Waals surface area (Å²) in [7, 11) is 1.72. The maximum Gasteiger partial charge on any atom is 0.119 e. The van der Waals surface area contributed by atoms with Crippen LogP contribution in [0.1, 0.15) is 56.7 Å². The first-order chi connectivity index (χ1) is 10.2. The third kappa shape index (κ3) is 3.78. The van der Waals surface area contributed by atoms with E-state index in [0.29, 0.717) is 6.04 Å². The molecule has 3 nitrogen and oxygen atoms in total. The zero-order chi connectivity index (χ0) is 15.2. The number of hydrogen-bond donors (Lipinski definition) is 1. The van der Waals surface area contributed by atoms with Gasteiger partial charge in [0.1, 0.15) is 5.75 Å². The molecule has 0 saturated carbocycles. The molecule has 2 N–H and O–H groups in total. The maximum absolute atomic E-state index is 6.56. The van der Waals surface area contributed by atoms with Gasteiger partial charge in [-0.15, -0.1) is 0 Å². The summed E-state index contributed by atoms with van der Waals surface area (Å²) < 4.78 is 5.34. The number of nitrogens with two attached hydrogens (primary N) is 1. The van der Waals surface area contributed by atoms with Gasteiger partial charge in [0.05, 0.1) is 7.11 Å². The predicted molar refractivity (Wildman–Crippen MR) is 88.8 cm³/mol. The second-order valence-electron chi connectivity index (χ2n) is 6.11. The molecule has 0 saturated heterocycles. The molecule has 1 aromatic carbocycles. The van der Waals surface area contributed by atoms with Gasteiger partial charge in [0, 0.05) is 12.1 Å². The standard InChI is InChI=1S/C18H30N2O/c1-4-6-10-20(11-7-5-2)17-12-14-8-9-15(21-3)13-16(14)18(17)19/h8-9,13,17-18H,4-7,10-12,19H2,1-3H3. The molecule has 1 aromatic rings. The van der Waals surface area contributed by atoms with Crippen LogP contribution < -0.4 is 10.5 Å². The summed E-state index contributed by atoms with van der Waals surface area (Å²) in [5, 5.41) is 0. The van der Waals surface area contributed by atoms with Gasteiger partial charge in [-0.25, -0.2) is 0 Å². The lowest BCUT2D eigenvalue weighted by molar-refractivity contribution is 0.174. The number of hydrogen-bond acceptors (Lipinski definition) is 3. The topological polar surface area (TPSA) is 38.5 Å². The summed E-state index contributed by atoms with van der Waals surface area (Å²) in [5.74, 6) is 0.915. The largest absolute Gasteiger partial charge is 0.497 e. The highest BCUT2D eigenvalue weighted by atomic mass is 16.5. The van der Waals surface area contributed by atoms with Crippen molar-refractivity contribution in [2.75, 3.05) is 20.2 Å². The number of methoxy groups -OCH3 is 1. The first-order valence-corrected chi connectivity index (χ1v) is 8.37. The Morgan fingerprint density at radius 1 is 1.19 bits per heavy atom. The fourth-order valence-electron chi connectivity index (χ4n) is 3.28. The van der Waals surface area contributed by atoms with Gasteiger partial charge in [-0.1, -0.05) is 32.8 Å². The van der Waals surface area contributed by atoms with Gasteiger partial charge in [-0.2, -0.15) is 0 Å². The summed E-state index contributed by atoms with van der Waals surface area (Å²) in [5.41, 5.74) is 9.23. The van der Waals surface area contributed by atoms with Gasteiger partial charge in [-0.05, 0) is 55.6 Å². The molecule has 1 aliphatic carbocycles. The minimum absolute atomic E-state index is 0.115. The number of rotatable bonds is 8. The van der Waals surface area contributed by atoms with Crippen LogP contribution in [-0.4, -0.2) is 31.1 Å². The van der Waals surface area contributed by atoms with E-state index in [0.717, 1.165) is 12.2 Å². The average molecular weight is 290 g/mol. The minimum Gasteiger partial charge on any atom is -0.497 e. The molecule has 2 atom stereocenters. The number of ether oxygens (including phenoxy) is 1. The third-order valence-electron chi connectivity index (χ3n) is 4.62. The highest BCUT2D eigenvalue weighted by Gasteiger charge is 2.33. The summed E-state index contributed by atoms with van der Waals surface area (Å²) in [6.07, 6.45) is 6.07. The van der Waals surface area contributed by atoms with Gasteiger partial charge in [-0.3, -0.25) is 4.90 Å². The lowest BCUT2D eigenvalue weighted by Crippen LogP contribution is -2.42. The van der Waals surface area contributed by atoms with E-state index in [1.807, 2.05) is 0 Å². The molecule has 0 radical (unpaired) electrons. The Kier molecular flexibility index (Phi) is 6.07. The van der Waals surface area contributed by atoms with Crippen LogP contribution in [0.25, 0.3) is 0 Å². The molecule has 0 spiro atoms. The first kappa shape index (κ1) is 16.3. The van der Waals surface area contributed by atoms with Crippen LogP contribution in [0, 0.1) is 0 Å². The highest BCUT2D eigenvalue weighted by Crippen LogP contribution is 2.35. The molecule has 2 unspecified atom stereocenters. The van der Waals surface area contributed by atoms with E-state index in [4.69, 9.17) is 10.5 Å². The Bertz CT molecular complexity index is 439. The third-order valence-corrected chi connectivity index (χ3v) is 4.62. The van der Waals surface area contributed by atoms with Crippen molar-refractivity contribution < 1.29 is 4.74 Å². The number of nitrogens with zero attached hydrogens (tertiary/aromatic N) is 1. The van der Waals surface area contributed by atoms with Gasteiger partial charge in [0.15, 0.2) is 0 Å². The van der Waals surface area contributed by atoms with E-state index in [2.05, 4.69) is 36.9 Å². The molecule has 0 aromatic heterocycles. The Morgan fingerprint density at radius 2 is 1.86 bits per heavy atom. The number of fused-ring (bicyclic) bond motifs is 1. The zero-order valence-corrected chi connectivity index (χ0v) is 13.8. The van der Waals surface area contributed by atoms with E-state index in [-0.39, 0.29) is 6.04 Å². The number of benzene rings is 1. The van der Waals surface area contributed by atoms with Crippen molar-refractivity contribution in [3.8, 4) is 5.75 Å². The summed E-state index contributed by atoms with van der Waals surface area (Å²) in [4.78, 5) is 2.62. The predicted octanol–water partition coefficient (Wildman–Crippen LogP) is 3.52. The molecule has 0 heterocycles. The van der Waals surface area contributed by atoms with Crippen LogP contribution >= 0.6 is 0 Å². The summed E-state index contributed by atoms with van der Waals surface area (Å²) in [6.45, 7) is 6.85. The normalized spacial score (nSPS) is 20.8. The van der Waals surface area contributed by atoms with Gasteiger partial charge < -0.3 is 10.5 Å². The molecule has 0 aliphatic heterocycles. The molecular formula is C18H30N2O. The Morgan fingerprint density at radius 3 is 2.43 bits per heavy atom. The quantitative estimate of drug-likeness (QED) is 0.796.